The number of hydrogen-bond donors (Lipinski definition) is 1. The zero-order chi connectivity index (χ0) is 25.1. The second kappa shape index (κ2) is 10.2. The van der Waals surface area contributed by atoms with Crippen molar-refractivity contribution in [2.45, 2.75) is 19.5 Å². The number of rotatable bonds is 7. The van der Waals surface area contributed by atoms with Crippen molar-refractivity contribution in [1.82, 2.24) is 20.4 Å². The first-order valence-corrected chi connectivity index (χ1v) is 11.9. The molecule has 0 saturated carbocycles. The predicted octanol–water partition coefficient (Wildman–Crippen LogP) is 5.62. The molecule has 0 spiro atoms. The average molecular weight is 499 g/mol. The lowest BCUT2D eigenvalue weighted by molar-refractivity contribution is 0.395. The van der Waals surface area contributed by atoms with E-state index >= 15 is 0 Å². The number of allylic oxidation sites excluding steroid dienone is 1. The lowest BCUT2D eigenvalue weighted by Gasteiger charge is -2.37. The highest BCUT2D eigenvalue weighted by Gasteiger charge is 2.34. The van der Waals surface area contributed by atoms with Crippen LogP contribution >= 0.6 is 12.2 Å². The zero-order valence-electron chi connectivity index (χ0n) is 20.3. The van der Waals surface area contributed by atoms with E-state index in [-0.39, 0.29) is 6.04 Å². The average Bonchev–Trinajstić information content (AvgIpc) is 3.41. The summed E-state index contributed by atoms with van der Waals surface area (Å²) in [5.74, 6) is 2.57. The molecule has 36 heavy (non-hydrogen) atoms. The molecule has 1 atom stereocenters. The summed E-state index contributed by atoms with van der Waals surface area (Å²) in [6, 6.07) is 25.4. The van der Waals surface area contributed by atoms with Gasteiger partial charge in [-0.3, -0.25) is 0 Å². The van der Waals surface area contributed by atoms with Crippen LogP contribution in [0.5, 0.6) is 11.5 Å². The van der Waals surface area contributed by atoms with E-state index in [1.54, 1.807) is 14.2 Å². The summed E-state index contributed by atoms with van der Waals surface area (Å²) in [7, 11) is 3.31. The van der Waals surface area contributed by atoms with Crippen LogP contribution in [0.4, 0.5) is 0 Å². The van der Waals surface area contributed by atoms with Gasteiger partial charge in [0.2, 0.25) is 5.82 Å². The van der Waals surface area contributed by atoms with E-state index in [4.69, 9.17) is 31.2 Å². The van der Waals surface area contributed by atoms with Gasteiger partial charge >= 0.3 is 0 Å². The minimum atomic E-state index is -0.264. The van der Waals surface area contributed by atoms with Crippen LogP contribution in [-0.4, -0.2) is 34.4 Å². The molecule has 7 nitrogen and oxygen atoms in total. The molecule has 1 unspecified atom stereocenters. The van der Waals surface area contributed by atoms with Crippen molar-refractivity contribution in [2.24, 2.45) is 0 Å². The van der Waals surface area contributed by atoms with Gasteiger partial charge in [-0.2, -0.15) is 4.98 Å². The Hall–Kier alpha value is -4.17. The minimum Gasteiger partial charge on any atom is -0.497 e. The molecule has 1 aromatic heterocycles. The quantitative estimate of drug-likeness (QED) is 0.329. The molecule has 1 N–H and O–H groups in total. The molecule has 182 valence electrons. The molecule has 0 aliphatic carbocycles. The van der Waals surface area contributed by atoms with Crippen LogP contribution in [0.15, 0.2) is 89.1 Å². The second-order valence-electron chi connectivity index (χ2n) is 8.38. The van der Waals surface area contributed by atoms with Gasteiger partial charge < -0.3 is 24.2 Å². The van der Waals surface area contributed by atoms with Crippen molar-refractivity contribution in [3.63, 3.8) is 0 Å². The van der Waals surface area contributed by atoms with E-state index in [0.29, 0.717) is 23.4 Å². The van der Waals surface area contributed by atoms with Gasteiger partial charge in [-0.15, -0.1) is 0 Å². The molecule has 4 aromatic rings. The number of nitrogens with one attached hydrogen (secondary N) is 1. The van der Waals surface area contributed by atoms with Crippen LogP contribution < -0.4 is 14.8 Å². The Kier molecular flexibility index (Phi) is 6.69. The molecule has 0 amide bonds. The molecule has 0 radical (unpaired) electrons. The van der Waals surface area contributed by atoms with E-state index in [1.165, 1.54) is 0 Å². The number of nitrogens with zero attached hydrogens (tertiary/aromatic N) is 3. The normalized spacial score (nSPS) is 15.6. The molecule has 5 rings (SSSR count). The highest BCUT2D eigenvalue weighted by Crippen LogP contribution is 2.38. The first-order valence-electron chi connectivity index (χ1n) is 11.5. The Labute approximate surface area is 215 Å². The first-order chi connectivity index (χ1) is 17.6. The smallest absolute Gasteiger partial charge is 0.258 e. The number of ether oxygens (including phenoxy) is 2. The van der Waals surface area contributed by atoms with Gasteiger partial charge in [-0.25, -0.2) is 0 Å². The standard InChI is InChI=1S/C28H26N4O3S/c1-18-24(27-30-26(31-35-27)21-7-5-4-6-8-21)25(20-11-15-23(34-3)16-12-20)29-28(36)32(18)17-19-9-13-22(33-2)14-10-19/h4-16,25H,17H2,1-3H3,(H,29,36). The van der Waals surface area contributed by atoms with Crippen LogP contribution in [0.1, 0.15) is 30.0 Å². The maximum absolute atomic E-state index is 5.83. The van der Waals surface area contributed by atoms with Gasteiger partial charge in [0.1, 0.15) is 11.5 Å². The fourth-order valence-electron chi connectivity index (χ4n) is 4.25. The molecular formula is C28H26N4O3S. The molecular weight excluding hydrogens is 472 g/mol. The minimum absolute atomic E-state index is 0.264. The van der Waals surface area contributed by atoms with Crippen molar-refractivity contribution in [1.29, 1.82) is 0 Å². The van der Waals surface area contributed by atoms with Crippen molar-refractivity contribution < 1.29 is 14.0 Å². The third kappa shape index (κ3) is 4.67. The van der Waals surface area contributed by atoms with Crippen molar-refractivity contribution in [2.75, 3.05) is 14.2 Å². The van der Waals surface area contributed by atoms with Gasteiger partial charge in [0.05, 0.1) is 25.8 Å². The van der Waals surface area contributed by atoms with E-state index in [9.17, 15) is 0 Å². The number of thiocarbonyl (C=S) groups is 1. The molecule has 1 aliphatic rings. The number of benzene rings is 3. The summed E-state index contributed by atoms with van der Waals surface area (Å²) in [6.45, 7) is 2.62. The SMILES string of the molecule is COc1ccc(CN2C(=S)NC(c3ccc(OC)cc3)C(c3nc(-c4ccccc4)no3)=C2C)cc1. The van der Waals surface area contributed by atoms with Crippen LogP contribution in [0.2, 0.25) is 0 Å². The van der Waals surface area contributed by atoms with Gasteiger partial charge in [0, 0.05) is 17.8 Å². The van der Waals surface area contributed by atoms with E-state index < -0.39 is 0 Å². The van der Waals surface area contributed by atoms with Crippen molar-refractivity contribution in [3.8, 4) is 22.9 Å². The summed E-state index contributed by atoms with van der Waals surface area (Å²) >= 11 is 5.83. The first kappa shape index (κ1) is 23.6. The number of methoxy groups -OCH3 is 2. The van der Waals surface area contributed by atoms with Gasteiger partial charge in [0.25, 0.3) is 5.89 Å². The predicted molar refractivity (Wildman–Crippen MR) is 142 cm³/mol. The third-order valence-electron chi connectivity index (χ3n) is 6.23. The zero-order valence-corrected chi connectivity index (χ0v) is 21.1. The highest BCUT2D eigenvalue weighted by atomic mass is 32.1. The third-order valence-corrected chi connectivity index (χ3v) is 6.57. The molecule has 0 fully saturated rings. The van der Waals surface area contributed by atoms with Crippen LogP contribution in [0, 0.1) is 0 Å². The Morgan fingerprint density at radius 2 is 1.56 bits per heavy atom. The fraction of sp³-hybridized carbons (Fsp3) is 0.179. The Balaban J connectivity index is 1.57. The van der Waals surface area contributed by atoms with Crippen LogP contribution in [0.3, 0.4) is 0 Å². The summed E-state index contributed by atoms with van der Waals surface area (Å²) in [4.78, 5) is 6.82. The Morgan fingerprint density at radius 1 is 0.917 bits per heavy atom. The fourth-order valence-corrected chi connectivity index (χ4v) is 4.57. The Bertz CT molecular complexity index is 1380. The van der Waals surface area contributed by atoms with Crippen molar-refractivity contribution in [3.05, 3.63) is 102 Å². The van der Waals surface area contributed by atoms with Gasteiger partial charge in [-0.1, -0.05) is 59.8 Å². The topological polar surface area (TPSA) is 72.7 Å². The summed E-state index contributed by atoms with van der Waals surface area (Å²) in [5.41, 5.74) is 4.81. The number of hydrogen-bond acceptors (Lipinski definition) is 6. The van der Waals surface area contributed by atoms with Gasteiger partial charge in [-0.05, 0) is 54.5 Å². The Morgan fingerprint density at radius 3 is 2.19 bits per heavy atom. The van der Waals surface area contributed by atoms with E-state index in [1.807, 2.05) is 85.8 Å². The van der Waals surface area contributed by atoms with Crippen molar-refractivity contribution >= 4 is 22.9 Å². The second-order valence-corrected chi connectivity index (χ2v) is 8.76. The highest BCUT2D eigenvalue weighted by molar-refractivity contribution is 7.80. The summed E-state index contributed by atoms with van der Waals surface area (Å²) in [5, 5.41) is 8.38. The lowest BCUT2D eigenvalue weighted by Crippen LogP contribution is -2.45. The largest absolute Gasteiger partial charge is 0.497 e. The molecule has 0 saturated heterocycles. The molecule has 2 heterocycles. The molecule has 3 aromatic carbocycles. The monoisotopic (exact) mass is 498 g/mol. The molecule has 0 bridgehead atoms. The summed E-state index contributed by atoms with van der Waals surface area (Å²) in [6.07, 6.45) is 0. The molecule has 1 aliphatic heterocycles. The maximum Gasteiger partial charge on any atom is 0.258 e. The van der Waals surface area contributed by atoms with E-state index in [0.717, 1.165) is 39.5 Å². The number of aromatic nitrogens is 2. The van der Waals surface area contributed by atoms with Crippen LogP contribution in [0.25, 0.3) is 17.0 Å². The molecule has 8 heteroatoms. The van der Waals surface area contributed by atoms with Crippen LogP contribution in [-0.2, 0) is 6.54 Å². The van der Waals surface area contributed by atoms with Gasteiger partial charge in [0.15, 0.2) is 5.11 Å². The summed E-state index contributed by atoms with van der Waals surface area (Å²) < 4.78 is 16.5. The lowest BCUT2D eigenvalue weighted by atomic mass is 9.94. The van der Waals surface area contributed by atoms with E-state index in [2.05, 4.69) is 15.4 Å². The maximum atomic E-state index is 5.83.